The predicted molar refractivity (Wildman–Crippen MR) is 87.2 cm³/mol. The SMILES string of the molecule is CNc1nc(-c2occc2C)nc(-c2ccccc2)c1Br. The number of halogens is 1. The van der Waals surface area contributed by atoms with E-state index >= 15 is 0 Å². The largest absolute Gasteiger partial charge is 0.461 e. The summed E-state index contributed by atoms with van der Waals surface area (Å²) in [6.07, 6.45) is 1.65. The maximum Gasteiger partial charge on any atom is 0.198 e. The summed E-state index contributed by atoms with van der Waals surface area (Å²) < 4.78 is 6.35. The second kappa shape index (κ2) is 5.69. The average molecular weight is 344 g/mol. The van der Waals surface area contributed by atoms with E-state index in [4.69, 9.17) is 4.42 Å². The molecule has 0 spiro atoms. The molecule has 0 saturated heterocycles. The molecule has 0 atom stereocenters. The third-order valence-electron chi connectivity index (χ3n) is 3.20. The zero-order valence-corrected chi connectivity index (χ0v) is 13.3. The first-order valence-electron chi connectivity index (χ1n) is 6.56. The molecule has 1 N–H and O–H groups in total. The summed E-state index contributed by atoms with van der Waals surface area (Å²) in [6.45, 7) is 1.98. The van der Waals surface area contributed by atoms with Gasteiger partial charge in [0.15, 0.2) is 11.6 Å². The normalized spacial score (nSPS) is 10.6. The van der Waals surface area contributed by atoms with E-state index in [9.17, 15) is 0 Å². The van der Waals surface area contributed by atoms with Crippen molar-refractivity contribution in [1.29, 1.82) is 0 Å². The second-order valence-electron chi connectivity index (χ2n) is 4.61. The molecule has 2 heterocycles. The molecular formula is C16H14BrN3O. The van der Waals surface area contributed by atoms with E-state index in [0.717, 1.165) is 27.1 Å². The van der Waals surface area contributed by atoms with Gasteiger partial charge in [-0.1, -0.05) is 30.3 Å². The highest BCUT2D eigenvalue weighted by molar-refractivity contribution is 9.10. The molecule has 106 valence electrons. The van der Waals surface area contributed by atoms with Crippen LogP contribution in [0.25, 0.3) is 22.8 Å². The fourth-order valence-electron chi connectivity index (χ4n) is 2.10. The Morgan fingerprint density at radius 1 is 1.10 bits per heavy atom. The van der Waals surface area contributed by atoms with E-state index in [2.05, 4.69) is 31.2 Å². The van der Waals surface area contributed by atoms with E-state index in [0.29, 0.717) is 11.6 Å². The van der Waals surface area contributed by atoms with Gasteiger partial charge >= 0.3 is 0 Å². The van der Waals surface area contributed by atoms with Crippen LogP contribution < -0.4 is 5.32 Å². The quantitative estimate of drug-likeness (QED) is 0.759. The van der Waals surface area contributed by atoms with Gasteiger partial charge in [0.05, 0.1) is 16.4 Å². The lowest BCUT2D eigenvalue weighted by molar-refractivity contribution is 0.576. The van der Waals surface area contributed by atoms with Crippen molar-refractivity contribution >= 4 is 21.7 Å². The van der Waals surface area contributed by atoms with Crippen LogP contribution in [-0.4, -0.2) is 17.0 Å². The first kappa shape index (κ1) is 13.8. The second-order valence-corrected chi connectivity index (χ2v) is 5.40. The first-order chi connectivity index (χ1) is 10.2. The molecule has 0 saturated carbocycles. The number of aryl methyl sites for hydroxylation is 1. The Morgan fingerprint density at radius 2 is 1.86 bits per heavy atom. The highest BCUT2D eigenvalue weighted by atomic mass is 79.9. The van der Waals surface area contributed by atoms with E-state index < -0.39 is 0 Å². The molecule has 0 bridgehead atoms. The number of furan rings is 1. The fourth-order valence-corrected chi connectivity index (χ4v) is 2.71. The monoisotopic (exact) mass is 343 g/mol. The van der Waals surface area contributed by atoms with Gasteiger partial charge in [-0.15, -0.1) is 0 Å². The van der Waals surface area contributed by atoms with E-state index in [1.165, 1.54) is 0 Å². The molecule has 3 aromatic rings. The minimum absolute atomic E-state index is 0.573. The van der Waals surface area contributed by atoms with E-state index in [-0.39, 0.29) is 0 Å². The Kier molecular flexibility index (Phi) is 3.75. The summed E-state index contributed by atoms with van der Waals surface area (Å²) in [7, 11) is 1.83. The Bertz CT molecular complexity index is 768. The molecule has 0 amide bonds. The summed E-state index contributed by atoms with van der Waals surface area (Å²) in [5.74, 6) is 2.00. The molecule has 21 heavy (non-hydrogen) atoms. The number of nitrogens with one attached hydrogen (secondary N) is 1. The molecule has 2 aromatic heterocycles. The molecule has 0 aliphatic carbocycles. The van der Waals surface area contributed by atoms with Crippen LogP contribution in [0, 0.1) is 6.92 Å². The average Bonchev–Trinajstić information content (AvgIpc) is 2.94. The minimum atomic E-state index is 0.573. The van der Waals surface area contributed by atoms with Gasteiger partial charge in [0, 0.05) is 12.6 Å². The summed E-state index contributed by atoms with van der Waals surface area (Å²) in [6, 6.07) is 11.9. The third-order valence-corrected chi connectivity index (χ3v) is 3.95. The van der Waals surface area contributed by atoms with Crippen LogP contribution in [0.4, 0.5) is 5.82 Å². The predicted octanol–water partition coefficient (Wildman–Crippen LogP) is 4.52. The van der Waals surface area contributed by atoms with Crippen LogP contribution in [0.15, 0.2) is 51.6 Å². The standard InChI is InChI=1S/C16H14BrN3O/c1-10-8-9-21-14(10)16-19-13(11-6-4-3-5-7-11)12(17)15(18-2)20-16/h3-9H,1-2H3,(H,18,19,20). The van der Waals surface area contributed by atoms with Gasteiger partial charge in [-0.05, 0) is 34.5 Å². The van der Waals surface area contributed by atoms with Crippen LogP contribution >= 0.6 is 15.9 Å². The third kappa shape index (κ3) is 2.56. The molecule has 0 radical (unpaired) electrons. The van der Waals surface area contributed by atoms with Crippen molar-refractivity contribution in [2.45, 2.75) is 6.92 Å². The van der Waals surface area contributed by atoms with Crippen molar-refractivity contribution in [2.24, 2.45) is 0 Å². The summed E-state index contributed by atoms with van der Waals surface area (Å²) in [5, 5.41) is 3.09. The number of hydrogen-bond donors (Lipinski definition) is 1. The summed E-state index contributed by atoms with van der Waals surface area (Å²) in [4.78, 5) is 9.18. The van der Waals surface area contributed by atoms with Gasteiger partial charge in [0.25, 0.3) is 0 Å². The number of rotatable bonds is 3. The van der Waals surface area contributed by atoms with E-state index in [1.807, 2.05) is 50.4 Å². The van der Waals surface area contributed by atoms with Gasteiger partial charge in [-0.25, -0.2) is 9.97 Å². The minimum Gasteiger partial charge on any atom is -0.461 e. The lowest BCUT2D eigenvalue weighted by atomic mass is 10.1. The van der Waals surface area contributed by atoms with Crippen LogP contribution in [0.2, 0.25) is 0 Å². The molecule has 0 aliphatic rings. The first-order valence-corrected chi connectivity index (χ1v) is 7.35. The van der Waals surface area contributed by atoms with Crippen LogP contribution in [0.5, 0.6) is 0 Å². The maximum absolute atomic E-state index is 5.51. The lowest BCUT2D eigenvalue weighted by Gasteiger charge is -2.10. The number of nitrogens with zero attached hydrogens (tertiary/aromatic N) is 2. The zero-order chi connectivity index (χ0) is 14.8. The molecule has 3 rings (SSSR count). The van der Waals surface area contributed by atoms with Crippen molar-refractivity contribution in [1.82, 2.24) is 9.97 Å². The molecule has 5 heteroatoms. The number of hydrogen-bond acceptors (Lipinski definition) is 4. The number of aromatic nitrogens is 2. The smallest absolute Gasteiger partial charge is 0.198 e. The lowest BCUT2D eigenvalue weighted by Crippen LogP contribution is -2.01. The Morgan fingerprint density at radius 3 is 2.48 bits per heavy atom. The van der Waals surface area contributed by atoms with E-state index in [1.54, 1.807) is 6.26 Å². The number of benzene rings is 1. The van der Waals surface area contributed by atoms with Crippen LogP contribution in [-0.2, 0) is 0 Å². The fraction of sp³-hybridized carbons (Fsp3) is 0.125. The van der Waals surface area contributed by atoms with Crippen molar-refractivity contribution in [3.63, 3.8) is 0 Å². The Balaban J connectivity index is 2.23. The van der Waals surface area contributed by atoms with Gasteiger partial charge in [0.1, 0.15) is 5.82 Å². The molecule has 4 nitrogen and oxygen atoms in total. The summed E-state index contributed by atoms with van der Waals surface area (Å²) in [5.41, 5.74) is 2.87. The van der Waals surface area contributed by atoms with Crippen LogP contribution in [0.1, 0.15) is 5.56 Å². The molecular weight excluding hydrogens is 330 g/mol. The van der Waals surface area contributed by atoms with Crippen molar-refractivity contribution in [3.05, 3.63) is 52.7 Å². The maximum atomic E-state index is 5.51. The topological polar surface area (TPSA) is 51.0 Å². The van der Waals surface area contributed by atoms with Gasteiger partial charge in [-0.3, -0.25) is 0 Å². The zero-order valence-electron chi connectivity index (χ0n) is 11.7. The highest BCUT2D eigenvalue weighted by Gasteiger charge is 2.17. The van der Waals surface area contributed by atoms with Crippen LogP contribution in [0.3, 0.4) is 0 Å². The molecule has 0 aliphatic heterocycles. The molecule has 0 unspecified atom stereocenters. The Hall–Kier alpha value is -2.14. The highest BCUT2D eigenvalue weighted by Crippen LogP contribution is 2.34. The van der Waals surface area contributed by atoms with Crippen molar-refractivity contribution in [3.8, 4) is 22.8 Å². The number of anilines is 1. The van der Waals surface area contributed by atoms with Crippen molar-refractivity contribution < 1.29 is 4.42 Å². The Labute approximate surface area is 131 Å². The molecule has 0 fully saturated rings. The molecule has 1 aromatic carbocycles. The van der Waals surface area contributed by atoms with Gasteiger partial charge in [-0.2, -0.15) is 0 Å². The van der Waals surface area contributed by atoms with Gasteiger partial charge in [0.2, 0.25) is 0 Å². The van der Waals surface area contributed by atoms with Crippen molar-refractivity contribution in [2.75, 3.05) is 12.4 Å². The summed E-state index contributed by atoms with van der Waals surface area (Å²) >= 11 is 3.58. The van der Waals surface area contributed by atoms with Gasteiger partial charge < -0.3 is 9.73 Å².